The zero-order chi connectivity index (χ0) is 15.8. The first-order chi connectivity index (χ1) is 11.2. The van der Waals surface area contributed by atoms with Gasteiger partial charge in [0.15, 0.2) is 0 Å². The minimum absolute atomic E-state index is 0.0279. The lowest BCUT2D eigenvalue weighted by molar-refractivity contribution is 0.0622. The number of aromatic hydroxyl groups is 1. The molecule has 3 aliphatic rings. The van der Waals surface area contributed by atoms with Crippen molar-refractivity contribution >= 4 is 17.2 Å². The van der Waals surface area contributed by atoms with Gasteiger partial charge in [0.25, 0.3) is 5.91 Å². The zero-order valence-corrected chi connectivity index (χ0v) is 13.7. The van der Waals surface area contributed by atoms with Gasteiger partial charge in [-0.1, -0.05) is 12.1 Å². The molecular formula is C18H20N2O2S. The van der Waals surface area contributed by atoms with Crippen molar-refractivity contribution in [1.29, 1.82) is 0 Å². The average molecular weight is 328 g/mol. The summed E-state index contributed by atoms with van der Waals surface area (Å²) in [6.07, 6.45) is 2.40. The van der Waals surface area contributed by atoms with Gasteiger partial charge in [-0.25, -0.2) is 0 Å². The van der Waals surface area contributed by atoms with Crippen molar-refractivity contribution in [3.8, 4) is 16.2 Å². The molecule has 0 radical (unpaired) electrons. The summed E-state index contributed by atoms with van der Waals surface area (Å²) in [5.74, 6) is 0.906. The number of nitrogens with one attached hydrogen (secondary N) is 1. The molecule has 2 aromatic rings. The van der Waals surface area contributed by atoms with Crippen molar-refractivity contribution in [3.63, 3.8) is 0 Å². The van der Waals surface area contributed by atoms with E-state index in [-0.39, 0.29) is 17.7 Å². The summed E-state index contributed by atoms with van der Waals surface area (Å²) < 4.78 is 0. The number of phenols is 1. The summed E-state index contributed by atoms with van der Waals surface area (Å²) >= 11 is 1.47. The topological polar surface area (TPSA) is 52.6 Å². The van der Waals surface area contributed by atoms with Crippen LogP contribution >= 0.6 is 11.3 Å². The first-order valence-corrected chi connectivity index (χ1v) is 8.93. The van der Waals surface area contributed by atoms with E-state index in [0.717, 1.165) is 21.9 Å². The number of phenolic OH excluding ortho intramolecular Hbond substituents is 1. The number of carbonyl (C=O) groups excluding carboxylic acids is 1. The number of hydrogen-bond donors (Lipinski definition) is 2. The Kier molecular flexibility index (Phi) is 3.83. The van der Waals surface area contributed by atoms with Crippen LogP contribution in [0.2, 0.25) is 0 Å². The molecule has 5 heteroatoms. The second-order valence-electron chi connectivity index (χ2n) is 6.43. The highest BCUT2D eigenvalue weighted by Crippen LogP contribution is 2.31. The van der Waals surface area contributed by atoms with Crippen molar-refractivity contribution in [2.45, 2.75) is 18.9 Å². The van der Waals surface area contributed by atoms with Crippen molar-refractivity contribution in [1.82, 2.24) is 10.2 Å². The highest BCUT2D eigenvalue weighted by atomic mass is 32.1. The molecule has 120 valence electrons. The van der Waals surface area contributed by atoms with Gasteiger partial charge in [-0.2, -0.15) is 0 Å². The van der Waals surface area contributed by atoms with Gasteiger partial charge in [0.1, 0.15) is 5.75 Å². The lowest BCUT2D eigenvalue weighted by atomic mass is 9.84. The largest absolute Gasteiger partial charge is 0.508 e. The van der Waals surface area contributed by atoms with E-state index < -0.39 is 0 Å². The molecule has 5 rings (SSSR count). The van der Waals surface area contributed by atoms with Gasteiger partial charge in [-0.15, -0.1) is 11.3 Å². The Morgan fingerprint density at radius 3 is 2.74 bits per heavy atom. The van der Waals surface area contributed by atoms with Crippen LogP contribution in [-0.4, -0.2) is 41.6 Å². The van der Waals surface area contributed by atoms with Crippen molar-refractivity contribution < 1.29 is 9.90 Å². The smallest absolute Gasteiger partial charge is 0.261 e. The van der Waals surface area contributed by atoms with Gasteiger partial charge in [0, 0.05) is 17.5 Å². The Balaban J connectivity index is 1.47. The number of piperidine rings is 3. The van der Waals surface area contributed by atoms with E-state index in [1.165, 1.54) is 37.3 Å². The lowest BCUT2D eigenvalue weighted by Crippen LogP contribution is -2.57. The third-order valence-corrected chi connectivity index (χ3v) is 6.07. The molecule has 0 spiro atoms. The number of nitrogens with zero attached hydrogens (tertiary/aromatic N) is 1. The predicted octanol–water partition coefficient (Wildman–Crippen LogP) is 2.94. The number of hydrogen-bond acceptors (Lipinski definition) is 4. The summed E-state index contributed by atoms with van der Waals surface area (Å²) in [6, 6.07) is 11.2. The summed E-state index contributed by atoms with van der Waals surface area (Å²) in [7, 11) is 0. The van der Waals surface area contributed by atoms with Crippen molar-refractivity contribution in [3.05, 3.63) is 41.3 Å². The Bertz CT molecular complexity index is 719. The van der Waals surface area contributed by atoms with Crippen LogP contribution in [0.1, 0.15) is 22.5 Å². The highest BCUT2D eigenvalue weighted by molar-refractivity contribution is 7.17. The summed E-state index contributed by atoms with van der Waals surface area (Å²) in [5, 5.41) is 12.8. The van der Waals surface area contributed by atoms with Gasteiger partial charge >= 0.3 is 0 Å². The van der Waals surface area contributed by atoms with Crippen LogP contribution in [0.15, 0.2) is 36.4 Å². The number of carbonyl (C=O) groups is 1. The molecule has 0 unspecified atom stereocenters. The number of amides is 1. The summed E-state index contributed by atoms with van der Waals surface area (Å²) in [5.41, 5.74) is 0.942. The van der Waals surface area contributed by atoms with E-state index in [0.29, 0.717) is 5.92 Å². The van der Waals surface area contributed by atoms with Crippen LogP contribution < -0.4 is 5.32 Å². The van der Waals surface area contributed by atoms with Crippen LogP contribution in [0, 0.1) is 5.92 Å². The molecule has 1 atom stereocenters. The van der Waals surface area contributed by atoms with Crippen LogP contribution in [0.3, 0.4) is 0 Å². The van der Waals surface area contributed by atoms with Gasteiger partial charge in [-0.3, -0.25) is 4.79 Å². The fourth-order valence-electron chi connectivity index (χ4n) is 3.64. The van der Waals surface area contributed by atoms with Gasteiger partial charge in [-0.05, 0) is 61.7 Å². The second kappa shape index (κ2) is 5.98. The molecule has 1 aromatic carbocycles. The Hall–Kier alpha value is -1.85. The molecule has 3 fully saturated rings. The molecular weight excluding hydrogens is 308 g/mol. The molecule has 2 N–H and O–H groups in total. The fraction of sp³-hybridized carbons (Fsp3) is 0.389. The van der Waals surface area contributed by atoms with Crippen LogP contribution in [0.25, 0.3) is 10.4 Å². The zero-order valence-electron chi connectivity index (χ0n) is 12.9. The third-order valence-electron chi connectivity index (χ3n) is 4.93. The molecule has 3 saturated heterocycles. The number of thiophene rings is 1. The maximum Gasteiger partial charge on any atom is 0.261 e. The number of benzene rings is 1. The Labute approximate surface area is 139 Å². The van der Waals surface area contributed by atoms with E-state index in [2.05, 4.69) is 10.2 Å². The first kappa shape index (κ1) is 14.7. The monoisotopic (exact) mass is 328 g/mol. The lowest BCUT2D eigenvalue weighted by Gasteiger charge is -2.44. The van der Waals surface area contributed by atoms with E-state index in [1.54, 1.807) is 12.1 Å². The number of fused-ring (bicyclic) bond motifs is 3. The van der Waals surface area contributed by atoms with Crippen molar-refractivity contribution in [2.75, 3.05) is 19.6 Å². The normalized spacial score (nSPS) is 26.2. The minimum Gasteiger partial charge on any atom is -0.508 e. The highest BCUT2D eigenvalue weighted by Gasteiger charge is 2.35. The molecule has 1 amide bonds. The first-order valence-electron chi connectivity index (χ1n) is 8.11. The molecule has 1 aromatic heterocycles. The van der Waals surface area contributed by atoms with Gasteiger partial charge in [0.2, 0.25) is 0 Å². The molecule has 23 heavy (non-hydrogen) atoms. The quantitative estimate of drug-likeness (QED) is 0.911. The summed E-state index contributed by atoms with van der Waals surface area (Å²) in [6.45, 7) is 3.34. The Morgan fingerprint density at radius 1 is 1.22 bits per heavy atom. The van der Waals surface area contributed by atoms with E-state index in [4.69, 9.17) is 0 Å². The maximum absolute atomic E-state index is 12.5. The predicted molar refractivity (Wildman–Crippen MR) is 91.8 cm³/mol. The van der Waals surface area contributed by atoms with Gasteiger partial charge < -0.3 is 15.3 Å². The summed E-state index contributed by atoms with van der Waals surface area (Å²) in [4.78, 5) is 16.7. The molecule has 4 nitrogen and oxygen atoms in total. The van der Waals surface area contributed by atoms with Crippen LogP contribution in [0.4, 0.5) is 0 Å². The molecule has 0 aliphatic carbocycles. The second-order valence-corrected chi connectivity index (χ2v) is 7.52. The van der Waals surface area contributed by atoms with Crippen molar-refractivity contribution in [2.24, 2.45) is 5.92 Å². The third kappa shape index (κ3) is 2.99. The van der Waals surface area contributed by atoms with E-state index >= 15 is 0 Å². The van der Waals surface area contributed by atoms with E-state index in [9.17, 15) is 9.90 Å². The van der Waals surface area contributed by atoms with Crippen LogP contribution in [-0.2, 0) is 0 Å². The van der Waals surface area contributed by atoms with Crippen LogP contribution in [0.5, 0.6) is 5.75 Å². The molecule has 0 saturated carbocycles. The maximum atomic E-state index is 12.5. The molecule has 2 bridgehead atoms. The molecule has 3 aliphatic heterocycles. The SMILES string of the molecule is O=C(N[C@H]1CN2CCC1CC2)c1ccc(-c2cccc(O)c2)s1. The fourth-order valence-corrected chi connectivity index (χ4v) is 4.55. The average Bonchev–Trinajstić information content (AvgIpc) is 3.06. The van der Waals surface area contributed by atoms with E-state index in [1.807, 2.05) is 24.3 Å². The standard InChI is InChI=1S/C18H20N2O2S/c21-14-3-1-2-13(10-14)16-4-5-17(23-16)18(22)19-15-11-20-8-6-12(15)7-9-20/h1-5,10,12,15,21H,6-9,11H2,(H,19,22)/t15-/m0/s1. The number of rotatable bonds is 3. The van der Waals surface area contributed by atoms with Gasteiger partial charge in [0.05, 0.1) is 4.88 Å². The minimum atomic E-state index is 0.0279. The Morgan fingerprint density at radius 2 is 2.04 bits per heavy atom. The molecule has 4 heterocycles.